The van der Waals surface area contributed by atoms with Crippen LogP contribution in [0.1, 0.15) is 13.8 Å². The molecule has 2 amide bonds. The zero-order valence-corrected chi connectivity index (χ0v) is 20.9. The number of carbonyl (C=O) groups excluding carboxylic acids is 2. The van der Waals surface area contributed by atoms with Gasteiger partial charge < -0.3 is 20.1 Å². The van der Waals surface area contributed by atoms with Crippen molar-refractivity contribution in [2.75, 3.05) is 23.8 Å². The number of anilines is 2. The van der Waals surface area contributed by atoms with E-state index in [-0.39, 0.29) is 23.7 Å². The number of nitrogens with zero attached hydrogens (tertiary/aromatic N) is 1. The van der Waals surface area contributed by atoms with Crippen molar-refractivity contribution in [3.05, 3.63) is 72.8 Å². The van der Waals surface area contributed by atoms with Gasteiger partial charge in [0.05, 0.1) is 22.1 Å². The Kier molecular flexibility index (Phi) is 8.23. The molecule has 4 aromatic rings. The Morgan fingerprint density at radius 1 is 0.971 bits per heavy atom. The van der Waals surface area contributed by atoms with Gasteiger partial charge in [-0.15, -0.1) is 11.8 Å². The fraction of sp³-hybridized carbons (Fsp3) is 0.192. The van der Waals surface area contributed by atoms with Gasteiger partial charge in [0.2, 0.25) is 5.91 Å². The molecule has 0 saturated carbocycles. The summed E-state index contributed by atoms with van der Waals surface area (Å²) in [7, 11) is 0. The molecule has 0 fully saturated rings. The average Bonchev–Trinajstić information content (AvgIpc) is 3.25. The van der Waals surface area contributed by atoms with Crippen LogP contribution in [0, 0.1) is 0 Å². The molecule has 2 N–H and O–H groups in total. The van der Waals surface area contributed by atoms with E-state index < -0.39 is 0 Å². The number of amides is 2. The standard InChI is InChI=1S/C26H25N3O4S2/c1-3-32-20-12-13-22-23(15-20)35-26(28-22)29-25(31)17(2)34-21-11-7-8-18(14-21)27-24(30)16-33-19-9-5-4-6-10-19/h4-15,17H,3,16H2,1-2H3,(H,27,30)(H,28,29,31). The summed E-state index contributed by atoms with van der Waals surface area (Å²) in [4.78, 5) is 30.4. The van der Waals surface area contributed by atoms with Crippen LogP contribution in [0.2, 0.25) is 0 Å². The number of para-hydroxylation sites is 1. The van der Waals surface area contributed by atoms with E-state index >= 15 is 0 Å². The van der Waals surface area contributed by atoms with Crippen LogP contribution in [0.4, 0.5) is 10.8 Å². The zero-order chi connectivity index (χ0) is 24.6. The van der Waals surface area contributed by atoms with Gasteiger partial charge in [0, 0.05) is 10.6 Å². The fourth-order valence-corrected chi connectivity index (χ4v) is 5.01. The normalized spacial score (nSPS) is 11.6. The first kappa shape index (κ1) is 24.6. The van der Waals surface area contributed by atoms with Crippen molar-refractivity contribution in [2.45, 2.75) is 24.0 Å². The van der Waals surface area contributed by atoms with E-state index in [1.165, 1.54) is 23.1 Å². The lowest BCUT2D eigenvalue weighted by Gasteiger charge is -2.12. The van der Waals surface area contributed by atoms with Crippen molar-refractivity contribution in [2.24, 2.45) is 0 Å². The summed E-state index contributed by atoms with van der Waals surface area (Å²) in [6, 6.07) is 22.2. The number of thiazole rings is 1. The molecule has 1 unspecified atom stereocenters. The molecule has 0 saturated heterocycles. The van der Waals surface area contributed by atoms with E-state index in [9.17, 15) is 9.59 Å². The van der Waals surface area contributed by atoms with Gasteiger partial charge in [0.1, 0.15) is 11.5 Å². The van der Waals surface area contributed by atoms with E-state index in [0.29, 0.717) is 23.2 Å². The second-order valence-corrected chi connectivity index (χ2v) is 9.95. The first-order valence-corrected chi connectivity index (χ1v) is 12.8. The van der Waals surface area contributed by atoms with Gasteiger partial charge >= 0.3 is 0 Å². The molecule has 0 spiro atoms. The molecule has 1 aromatic heterocycles. The molecule has 7 nitrogen and oxygen atoms in total. The number of fused-ring (bicyclic) bond motifs is 1. The smallest absolute Gasteiger partial charge is 0.262 e. The summed E-state index contributed by atoms with van der Waals surface area (Å²) in [6.07, 6.45) is 0. The number of hydrogen-bond donors (Lipinski definition) is 2. The number of nitrogens with one attached hydrogen (secondary N) is 2. The molecule has 0 radical (unpaired) electrons. The molecule has 180 valence electrons. The van der Waals surface area contributed by atoms with Crippen molar-refractivity contribution >= 4 is 55.9 Å². The molecule has 0 aliphatic carbocycles. The first-order valence-electron chi connectivity index (χ1n) is 11.1. The van der Waals surface area contributed by atoms with Crippen LogP contribution in [0.5, 0.6) is 11.5 Å². The maximum absolute atomic E-state index is 12.8. The lowest BCUT2D eigenvalue weighted by atomic mass is 10.3. The van der Waals surface area contributed by atoms with Crippen molar-refractivity contribution < 1.29 is 19.1 Å². The van der Waals surface area contributed by atoms with E-state index in [0.717, 1.165) is 20.9 Å². The van der Waals surface area contributed by atoms with E-state index in [4.69, 9.17) is 9.47 Å². The summed E-state index contributed by atoms with van der Waals surface area (Å²) in [5.41, 5.74) is 1.45. The summed E-state index contributed by atoms with van der Waals surface area (Å²) in [5, 5.41) is 5.91. The van der Waals surface area contributed by atoms with Gasteiger partial charge in [-0.25, -0.2) is 4.98 Å². The minimum Gasteiger partial charge on any atom is -0.494 e. The largest absolute Gasteiger partial charge is 0.494 e. The van der Waals surface area contributed by atoms with Crippen molar-refractivity contribution in [3.63, 3.8) is 0 Å². The third-order valence-electron chi connectivity index (χ3n) is 4.81. The molecule has 3 aromatic carbocycles. The predicted molar refractivity (Wildman–Crippen MR) is 142 cm³/mol. The molecule has 0 aliphatic heterocycles. The molecule has 35 heavy (non-hydrogen) atoms. The number of ether oxygens (including phenoxy) is 2. The minimum absolute atomic E-state index is 0.0889. The average molecular weight is 508 g/mol. The van der Waals surface area contributed by atoms with Gasteiger partial charge in [-0.1, -0.05) is 35.6 Å². The molecule has 4 rings (SSSR count). The number of rotatable bonds is 10. The van der Waals surface area contributed by atoms with Crippen LogP contribution in [-0.4, -0.2) is 35.3 Å². The summed E-state index contributed by atoms with van der Waals surface area (Å²) in [5.74, 6) is 1.01. The van der Waals surface area contributed by atoms with Gasteiger partial charge in [0.25, 0.3) is 5.91 Å². The van der Waals surface area contributed by atoms with Gasteiger partial charge in [0.15, 0.2) is 11.7 Å². The maximum atomic E-state index is 12.8. The third-order valence-corrected chi connectivity index (χ3v) is 6.84. The highest BCUT2D eigenvalue weighted by Crippen LogP contribution is 2.31. The molecule has 0 aliphatic rings. The number of benzene rings is 3. The predicted octanol–water partition coefficient (Wildman–Crippen LogP) is 5.83. The Bertz CT molecular complexity index is 1310. The Labute approximate surface area is 211 Å². The van der Waals surface area contributed by atoms with Crippen LogP contribution >= 0.6 is 23.1 Å². The van der Waals surface area contributed by atoms with Crippen molar-refractivity contribution in [1.29, 1.82) is 0 Å². The molecule has 9 heteroatoms. The monoisotopic (exact) mass is 507 g/mol. The van der Waals surface area contributed by atoms with Gasteiger partial charge in [-0.2, -0.15) is 0 Å². The summed E-state index contributed by atoms with van der Waals surface area (Å²) < 4.78 is 12.0. The number of aromatic nitrogens is 1. The molecule has 1 heterocycles. The van der Waals surface area contributed by atoms with Crippen LogP contribution in [-0.2, 0) is 9.59 Å². The van der Waals surface area contributed by atoms with Crippen molar-refractivity contribution in [1.82, 2.24) is 4.98 Å². The quantitative estimate of drug-likeness (QED) is 0.263. The zero-order valence-electron chi connectivity index (χ0n) is 19.3. The highest BCUT2D eigenvalue weighted by molar-refractivity contribution is 8.00. The molecular formula is C26H25N3O4S2. The Balaban J connectivity index is 1.31. The maximum Gasteiger partial charge on any atom is 0.262 e. The van der Waals surface area contributed by atoms with Crippen molar-refractivity contribution in [3.8, 4) is 11.5 Å². The second kappa shape index (κ2) is 11.7. The minimum atomic E-state index is -0.367. The fourth-order valence-electron chi connectivity index (χ4n) is 3.19. The van der Waals surface area contributed by atoms with Crippen LogP contribution < -0.4 is 20.1 Å². The first-order chi connectivity index (χ1) is 17.0. The Morgan fingerprint density at radius 2 is 1.80 bits per heavy atom. The van der Waals surface area contributed by atoms with Gasteiger partial charge in [-0.3, -0.25) is 9.59 Å². The lowest BCUT2D eigenvalue weighted by molar-refractivity contribution is -0.118. The van der Waals surface area contributed by atoms with Crippen LogP contribution in [0.15, 0.2) is 77.7 Å². The third kappa shape index (κ3) is 6.97. The molecular weight excluding hydrogens is 482 g/mol. The molecule has 1 atom stereocenters. The molecule has 0 bridgehead atoms. The number of hydrogen-bond acceptors (Lipinski definition) is 7. The SMILES string of the molecule is CCOc1ccc2nc(NC(=O)C(C)Sc3cccc(NC(=O)COc4ccccc4)c3)sc2c1. The Morgan fingerprint density at radius 3 is 2.60 bits per heavy atom. The van der Waals surface area contributed by atoms with E-state index in [1.807, 2.05) is 68.4 Å². The van der Waals surface area contributed by atoms with Crippen LogP contribution in [0.3, 0.4) is 0 Å². The number of thioether (sulfide) groups is 1. The topological polar surface area (TPSA) is 89.5 Å². The Hall–Kier alpha value is -3.56. The summed E-state index contributed by atoms with van der Waals surface area (Å²) in [6.45, 7) is 4.27. The van der Waals surface area contributed by atoms with Crippen LogP contribution in [0.25, 0.3) is 10.2 Å². The summed E-state index contributed by atoms with van der Waals surface area (Å²) >= 11 is 2.81. The second-order valence-electron chi connectivity index (χ2n) is 7.51. The van der Waals surface area contributed by atoms with E-state index in [2.05, 4.69) is 15.6 Å². The van der Waals surface area contributed by atoms with Gasteiger partial charge in [-0.05, 0) is 62.4 Å². The van der Waals surface area contributed by atoms with E-state index in [1.54, 1.807) is 18.2 Å². The highest BCUT2D eigenvalue weighted by Gasteiger charge is 2.17. The highest BCUT2D eigenvalue weighted by atomic mass is 32.2. The number of carbonyl (C=O) groups is 2. The lowest BCUT2D eigenvalue weighted by Crippen LogP contribution is -2.22.